The monoisotopic (exact) mass is 376 g/mol. The molecule has 28 heavy (non-hydrogen) atoms. The van der Waals surface area contributed by atoms with Crippen LogP contribution in [0.15, 0.2) is 54.6 Å². The van der Waals surface area contributed by atoms with Gasteiger partial charge in [-0.05, 0) is 44.7 Å². The van der Waals surface area contributed by atoms with Crippen molar-refractivity contribution in [2.24, 2.45) is 5.92 Å². The maximum atomic E-state index is 13.2. The predicted octanol–water partition coefficient (Wildman–Crippen LogP) is 3.56. The Morgan fingerprint density at radius 3 is 2.46 bits per heavy atom. The molecule has 4 heteroatoms. The summed E-state index contributed by atoms with van der Waals surface area (Å²) in [6.07, 6.45) is 3.20. The Labute approximate surface area is 166 Å². The number of hydrogen-bond donors (Lipinski definition) is 1. The predicted molar refractivity (Wildman–Crippen MR) is 110 cm³/mol. The zero-order valence-electron chi connectivity index (χ0n) is 16.6. The van der Waals surface area contributed by atoms with Crippen molar-refractivity contribution in [3.63, 3.8) is 0 Å². The van der Waals surface area contributed by atoms with Gasteiger partial charge in [0.05, 0.1) is 12.5 Å². The Bertz CT molecular complexity index is 847. The summed E-state index contributed by atoms with van der Waals surface area (Å²) in [4.78, 5) is 28.0. The van der Waals surface area contributed by atoms with E-state index in [1.807, 2.05) is 18.2 Å². The first kappa shape index (κ1) is 18.9. The summed E-state index contributed by atoms with van der Waals surface area (Å²) in [5.74, 6) is 0.0533. The van der Waals surface area contributed by atoms with Crippen molar-refractivity contribution in [2.75, 3.05) is 13.6 Å². The van der Waals surface area contributed by atoms with E-state index in [9.17, 15) is 9.59 Å². The second kappa shape index (κ2) is 7.88. The lowest BCUT2D eigenvalue weighted by Crippen LogP contribution is -2.52. The Hall–Kier alpha value is -2.46. The maximum Gasteiger partial charge on any atom is 0.225 e. The fraction of sp³-hybridized carbons (Fsp3) is 0.417. The number of Topliss-reactive ketones (excluding diaryl/α,β-unsaturated/α-hetero) is 1. The Morgan fingerprint density at radius 1 is 1.04 bits per heavy atom. The van der Waals surface area contributed by atoms with E-state index >= 15 is 0 Å². The summed E-state index contributed by atoms with van der Waals surface area (Å²) < 4.78 is 0. The number of hydrogen-bond acceptors (Lipinski definition) is 3. The van der Waals surface area contributed by atoms with Gasteiger partial charge in [0, 0.05) is 17.6 Å². The van der Waals surface area contributed by atoms with E-state index in [0.717, 1.165) is 19.3 Å². The van der Waals surface area contributed by atoms with Crippen LogP contribution in [0.3, 0.4) is 0 Å². The SMILES string of the molecule is Cc1ccc(C2CC3CCC(C2C(=O)NCC(=O)c2ccccc2)N3C)cc1. The van der Waals surface area contributed by atoms with E-state index in [-0.39, 0.29) is 36.1 Å². The molecule has 4 atom stereocenters. The molecule has 2 aliphatic heterocycles. The first-order chi connectivity index (χ1) is 13.5. The smallest absolute Gasteiger partial charge is 0.225 e. The van der Waals surface area contributed by atoms with Gasteiger partial charge >= 0.3 is 0 Å². The van der Waals surface area contributed by atoms with Gasteiger partial charge in [0.2, 0.25) is 5.91 Å². The molecule has 4 rings (SSSR count). The molecule has 1 amide bonds. The zero-order valence-corrected chi connectivity index (χ0v) is 16.6. The van der Waals surface area contributed by atoms with Crippen molar-refractivity contribution in [2.45, 2.75) is 44.2 Å². The molecule has 0 aliphatic carbocycles. The number of piperidine rings is 1. The molecule has 0 radical (unpaired) electrons. The molecule has 0 aromatic heterocycles. The fourth-order valence-corrected chi connectivity index (χ4v) is 4.99. The van der Waals surface area contributed by atoms with E-state index in [4.69, 9.17) is 0 Å². The number of carbonyl (C=O) groups excluding carboxylic acids is 2. The normalized spacial score (nSPS) is 26.8. The number of rotatable bonds is 5. The first-order valence-electron chi connectivity index (χ1n) is 10.2. The largest absolute Gasteiger partial charge is 0.348 e. The molecule has 2 aromatic carbocycles. The molecule has 2 bridgehead atoms. The summed E-state index contributed by atoms with van der Waals surface area (Å²) in [6, 6.07) is 18.5. The molecule has 2 heterocycles. The van der Waals surface area contributed by atoms with Gasteiger partial charge < -0.3 is 5.32 Å². The van der Waals surface area contributed by atoms with Crippen molar-refractivity contribution in [3.05, 3.63) is 71.3 Å². The molecular weight excluding hydrogens is 348 g/mol. The van der Waals surface area contributed by atoms with Crippen LogP contribution in [0.2, 0.25) is 0 Å². The summed E-state index contributed by atoms with van der Waals surface area (Å²) in [5.41, 5.74) is 3.11. The summed E-state index contributed by atoms with van der Waals surface area (Å²) >= 11 is 0. The van der Waals surface area contributed by atoms with Crippen LogP contribution in [0.1, 0.15) is 46.7 Å². The van der Waals surface area contributed by atoms with Gasteiger partial charge in [-0.3, -0.25) is 14.5 Å². The molecule has 146 valence electrons. The van der Waals surface area contributed by atoms with Crippen molar-refractivity contribution < 1.29 is 9.59 Å². The van der Waals surface area contributed by atoms with E-state index in [1.165, 1.54) is 11.1 Å². The number of ketones is 1. The highest BCUT2D eigenvalue weighted by Crippen LogP contribution is 2.46. The molecule has 1 N–H and O–H groups in total. The number of carbonyl (C=O) groups is 2. The number of nitrogens with zero attached hydrogens (tertiary/aromatic N) is 1. The van der Waals surface area contributed by atoms with Crippen LogP contribution in [0.25, 0.3) is 0 Å². The molecule has 0 saturated carbocycles. The highest BCUT2D eigenvalue weighted by atomic mass is 16.2. The third kappa shape index (κ3) is 3.61. The third-order valence-electron chi connectivity index (χ3n) is 6.60. The summed E-state index contributed by atoms with van der Waals surface area (Å²) in [5, 5.41) is 2.95. The Balaban J connectivity index is 1.52. The summed E-state index contributed by atoms with van der Waals surface area (Å²) in [7, 11) is 2.14. The minimum absolute atomic E-state index is 0.00653. The van der Waals surface area contributed by atoms with Gasteiger partial charge in [-0.15, -0.1) is 0 Å². The van der Waals surface area contributed by atoms with Crippen LogP contribution in [-0.4, -0.2) is 42.3 Å². The number of nitrogens with one attached hydrogen (secondary N) is 1. The number of benzene rings is 2. The van der Waals surface area contributed by atoms with Crippen LogP contribution in [-0.2, 0) is 4.79 Å². The maximum absolute atomic E-state index is 13.2. The van der Waals surface area contributed by atoms with E-state index in [2.05, 4.69) is 48.5 Å². The molecular formula is C24H28N2O2. The van der Waals surface area contributed by atoms with E-state index in [0.29, 0.717) is 11.6 Å². The van der Waals surface area contributed by atoms with Gasteiger partial charge in [0.1, 0.15) is 0 Å². The van der Waals surface area contributed by atoms with Crippen molar-refractivity contribution >= 4 is 11.7 Å². The minimum atomic E-state index is -0.116. The number of fused-ring (bicyclic) bond motifs is 2. The van der Waals surface area contributed by atoms with Crippen LogP contribution >= 0.6 is 0 Å². The lowest BCUT2D eigenvalue weighted by molar-refractivity contribution is -0.129. The second-order valence-corrected chi connectivity index (χ2v) is 8.25. The standard InChI is InChI=1S/C24H28N2O2/c1-16-8-10-17(11-9-16)20-14-19-12-13-21(26(19)2)23(20)24(28)25-15-22(27)18-6-4-3-5-7-18/h3-11,19-21,23H,12-15H2,1-2H3,(H,25,28). The lowest BCUT2D eigenvalue weighted by Gasteiger charge is -2.42. The third-order valence-corrected chi connectivity index (χ3v) is 6.60. The quantitative estimate of drug-likeness (QED) is 0.812. The Morgan fingerprint density at radius 2 is 1.75 bits per heavy atom. The molecule has 2 aromatic rings. The van der Waals surface area contributed by atoms with Gasteiger partial charge in [-0.2, -0.15) is 0 Å². The van der Waals surface area contributed by atoms with Crippen LogP contribution in [0.4, 0.5) is 0 Å². The molecule has 2 fully saturated rings. The van der Waals surface area contributed by atoms with E-state index < -0.39 is 0 Å². The highest BCUT2D eigenvalue weighted by molar-refractivity contribution is 5.99. The van der Waals surface area contributed by atoms with Crippen LogP contribution < -0.4 is 5.32 Å². The van der Waals surface area contributed by atoms with Crippen molar-refractivity contribution in [1.29, 1.82) is 0 Å². The average molecular weight is 377 g/mol. The van der Waals surface area contributed by atoms with Crippen LogP contribution in [0.5, 0.6) is 0 Å². The van der Waals surface area contributed by atoms with Crippen molar-refractivity contribution in [3.8, 4) is 0 Å². The highest BCUT2D eigenvalue weighted by Gasteiger charge is 2.48. The average Bonchev–Trinajstić information content (AvgIpc) is 2.95. The van der Waals surface area contributed by atoms with Crippen molar-refractivity contribution in [1.82, 2.24) is 10.2 Å². The fourth-order valence-electron chi connectivity index (χ4n) is 4.99. The topological polar surface area (TPSA) is 49.4 Å². The molecule has 0 spiro atoms. The van der Waals surface area contributed by atoms with E-state index in [1.54, 1.807) is 12.1 Å². The lowest BCUT2D eigenvalue weighted by atomic mass is 9.75. The minimum Gasteiger partial charge on any atom is -0.348 e. The second-order valence-electron chi connectivity index (χ2n) is 8.25. The van der Waals surface area contributed by atoms with Gasteiger partial charge in [-0.1, -0.05) is 60.2 Å². The zero-order chi connectivity index (χ0) is 19.7. The van der Waals surface area contributed by atoms with Crippen LogP contribution in [0, 0.1) is 12.8 Å². The molecule has 4 unspecified atom stereocenters. The first-order valence-corrected chi connectivity index (χ1v) is 10.2. The molecule has 4 nitrogen and oxygen atoms in total. The van der Waals surface area contributed by atoms with Gasteiger partial charge in [0.15, 0.2) is 5.78 Å². The summed E-state index contributed by atoms with van der Waals surface area (Å²) in [6.45, 7) is 2.14. The van der Waals surface area contributed by atoms with Gasteiger partial charge in [-0.25, -0.2) is 0 Å². The number of amides is 1. The Kier molecular flexibility index (Phi) is 5.31. The van der Waals surface area contributed by atoms with Gasteiger partial charge in [0.25, 0.3) is 0 Å². The molecule has 2 saturated heterocycles. The molecule has 2 aliphatic rings. The number of aryl methyl sites for hydroxylation is 1.